The molecule has 0 fully saturated rings. The Morgan fingerprint density at radius 1 is 1.43 bits per heavy atom. The summed E-state index contributed by atoms with van der Waals surface area (Å²) in [5.74, 6) is -0.833. The number of carbonyl (C=O) groups is 1. The second kappa shape index (κ2) is 16.5. The third-order valence-electron chi connectivity index (χ3n) is 0. The topological polar surface area (TPSA) is 94.3 Å². The van der Waals surface area contributed by atoms with E-state index in [0.717, 1.165) is 6.92 Å². The zero-order chi connectivity index (χ0) is 3.58. The first kappa shape index (κ1) is 27.5. The molecule has 4 nitrogen and oxygen atoms in total. The van der Waals surface area contributed by atoms with Gasteiger partial charge in [-0.3, -0.25) is 4.79 Å². The second-order valence-electron chi connectivity index (χ2n) is 0.519. The molecule has 0 aromatic carbocycles. The maximum atomic E-state index is 9.00. The molecule has 0 aliphatic carbocycles. The predicted molar refractivity (Wildman–Crippen MR) is 14.7 cm³/mol. The van der Waals surface area contributed by atoms with Crippen LogP contribution in [0.1, 0.15) is 6.92 Å². The van der Waals surface area contributed by atoms with Gasteiger partial charge in [-0.15, -0.1) is 0 Å². The second-order valence-corrected chi connectivity index (χ2v) is 0.519. The summed E-state index contributed by atoms with van der Waals surface area (Å²) in [6, 6.07) is 0. The molecule has 0 aliphatic heterocycles. The number of rotatable bonds is 0. The van der Waals surface area contributed by atoms with Crippen molar-refractivity contribution in [1.29, 1.82) is 0 Å². The van der Waals surface area contributed by atoms with Crippen molar-refractivity contribution in [3.63, 3.8) is 0 Å². The number of carboxylic acids is 1. The van der Waals surface area contributed by atoms with Crippen molar-refractivity contribution < 1.29 is 42.6 Å². The molecular formula is C2H4O4Ti. The Morgan fingerprint density at radius 3 is 1.43 bits per heavy atom. The van der Waals surface area contributed by atoms with Gasteiger partial charge in [-0.05, 0) is 0 Å². The Balaban J connectivity index is -0.0000000150. The first-order valence-electron chi connectivity index (χ1n) is 0.928. The molecule has 0 spiro atoms. The number of carboxylic acid groups (broad SMARTS) is 1. The molecule has 1 N–H and O–H groups in total. The fourth-order valence-electron chi connectivity index (χ4n) is 0. The minimum absolute atomic E-state index is 0. The molecule has 40 valence electrons. The van der Waals surface area contributed by atoms with Gasteiger partial charge >= 0.3 is 21.7 Å². The van der Waals surface area contributed by atoms with Crippen LogP contribution in [0.2, 0.25) is 0 Å². The largest absolute Gasteiger partial charge is 4.00 e. The van der Waals surface area contributed by atoms with Crippen LogP contribution in [-0.2, 0) is 37.5 Å². The van der Waals surface area contributed by atoms with Crippen LogP contribution in [0, 0.1) is 0 Å². The van der Waals surface area contributed by atoms with Gasteiger partial charge in [0.25, 0.3) is 5.97 Å². The fourth-order valence-corrected chi connectivity index (χ4v) is 0. The standard InChI is InChI=1S/C2H4O2.2O.Ti/c1-2(3)4;;;/h1H3,(H,3,4);;;/q;2*-2;+4. The van der Waals surface area contributed by atoms with Crippen molar-refractivity contribution in [3.8, 4) is 0 Å². The first-order chi connectivity index (χ1) is 1.73. The molecule has 0 saturated heterocycles. The number of aliphatic carboxylic acids is 1. The van der Waals surface area contributed by atoms with Crippen LogP contribution in [0.15, 0.2) is 0 Å². The van der Waals surface area contributed by atoms with E-state index in [1.165, 1.54) is 0 Å². The Kier molecular flexibility index (Phi) is 64.8. The van der Waals surface area contributed by atoms with Gasteiger partial charge in [0, 0.05) is 6.92 Å². The van der Waals surface area contributed by atoms with Gasteiger partial charge in [-0.1, -0.05) is 0 Å². The maximum absolute atomic E-state index is 9.00. The summed E-state index contributed by atoms with van der Waals surface area (Å²) in [5, 5.41) is 7.42. The van der Waals surface area contributed by atoms with Gasteiger partial charge in [-0.25, -0.2) is 0 Å². The van der Waals surface area contributed by atoms with Crippen LogP contribution in [-0.4, -0.2) is 11.1 Å². The van der Waals surface area contributed by atoms with E-state index < -0.39 is 5.97 Å². The normalized spacial score (nSPS) is 3.57. The molecule has 0 heterocycles. The minimum atomic E-state index is -0.833. The summed E-state index contributed by atoms with van der Waals surface area (Å²) in [6.07, 6.45) is 0. The van der Waals surface area contributed by atoms with E-state index in [2.05, 4.69) is 0 Å². The summed E-state index contributed by atoms with van der Waals surface area (Å²) in [5.41, 5.74) is 0. The summed E-state index contributed by atoms with van der Waals surface area (Å²) in [6.45, 7) is 1.08. The van der Waals surface area contributed by atoms with Gasteiger partial charge in [0.05, 0.1) is 0 Å². The predicted octanol–water partition coefficient (Wildman–Crippen LogP) is -0.149. The van der Waals surface area contributed by atoms with Crippen LogP contribution in [0.25, 0.3) is 0 Å². The molecule has 0 rings (SSSR count). The summed E-state index contributed by atoms with van der Waals surface area (Å²) in [4.78, 5) is 9.00. The van der Waals surface area contributed by atoms with E-state index in [9.17, 15) is 0 Å². The average molecular weight is 140 g/mol. The van der Waals surface area contributed by atoms with Crippen molar-refractivity contribution in [2.45, 2.75) is 6.92 Å². The van der Waals surface area contributed by atoms with Crippen LogP contribution in [0.5, 0.6) is 0 Å². The zero-order valence-corrected chi connectivity index (χ0v) is 5.23. The van der Waals surface area contributed by atoms with Gasteiger partial charge in [0.1, 0.15) is 0 Å². The van der Waals surface area contributed by atoms with E-state index in [1.54, 1.807) is 0 Å². The average Bonchev–Trinajstić information content (AvgIpc) is 0.811. The molecule has 0 amide bonds. The summed E-state index contributed by atoms with van der Waals surface area (Å²) in [7, 11) is 0. The van der Waals surface area contributed by atoms with Crippen molar-refractivity contribution in [2.75, 3.05) is 0 Å². The quantitative estimate of drug-likeness (QED) is 0.473. The van der Waals surface area contributed by atoms with Gasteiger partial charge in [-0.2, -0.15) is 0 Å². The molecule has 0 radical (unpaired) electrons. The summed E-state index contributed by atoms with van der Waals surface area (Å²) >= 11 is 0. The molecule has 7 heavy (non-hydrogen) atoms. The van der Waals surface area contributed by atoms with Crippen LogP contribution >= 0.6 is 0 Å². The van der Waals surface area contributed by atoms with E-state index >= 15 is 0 Å². The molecule has 0 atom stereocenters. The molecule has 5 heteroatoms. The number of hydrogen-bond donors (Lipinski definition) is 1. The van der Waals surface area contributed by atoms with Gasteiger partial charge < -0.3 is 16.1 Å². The van der Waals surface area contributed by atoms with E-state index in [-0.39, 0.29) is 32.7 Å². The minimum Gasteiger partial charge on any atom is -2.00 e. The van der Waals surface area contributed by atoms with Crippen molar-refractivity contribution >= 4 is 5.97 Å². The van der Waals surface area contributed by atoms with Crippen LogP contribution in [0.4, 0.5) is 0 Å². The van der Waals surface area contributed by atoms with Crippen molar-refractivity contribution in [1.82, 2.24) is 0 Å². The van der Waals surface area contributed by atoms with Crippen LogP contribution in [0.3, 0.4) is 0 Å². The Bertz CT molecular complexity index is 32.7. The Morgan fingerprint density at radius 2 is 1.43 bits per heavy atom. The smallest absolute Gasteiger partial charge is 2.00 e. The first-order valence-corrected chi connectivity index (χ1v) is 0.928. The van der Waals surface area contributed by atoms with Crippen molar-refractivity contribution in [3.05, 3.63) is 0 Å². The van der Waals surface area contributed by atoms with E-state index in [4.69, 9.17) is 9.90 Å². The third kappa shape index (κ3) is 9450. The van der Waals surface area contributed by atoms with Crippen molar-refractivity contribution in [2.24, 2.45) is 0 Å². The van der Waals surface area contributed by atoms with E-state index in [1.807, 2.05) is 0 Å². The van der Waals surface area contributed by atoms with Gasteiger partial charge in [0.15, 0.2) is 0 Å². The molecule has 0 bridgehead atoms. The summed E-state index contributed by atoms with van der Waals surface area (Å²) < 4.78 is 0. The Labute approximate surface area is 56.0 Å². The molecule has 0 aliphatic rings. The maximum Gasteiger partial charge on any atom is 4.00 e. The molecule has 0 saturated carbocycles. The fraction of sp³-hybridized carbons (Fsp3) is 0.500. The molecule has 0 aromatic rings. The van der Waals surface area contributed by atoms with E-state index in [0.29, 0.717) is 0 Å². The Hall–Kier alpha value is 0.104. The van der Waals surface area contributed by atoms with Crippen LogP contribution < -0.4 is 0 Å². The third-order valence-corrected chi connectivity index (χ3v) is 0. The monoisotopic (exact) mass is 140 g/mol. The molecule has 0 unspecified atom stereocenters. The molecule has 0 aromatic heterocycles. The SMILES string of the molecule is CC(=O)O.[O-2].[O-2].[Ti+4]. The molecular weight excluding hydrogens is 136 g/mol. The van der Waals surface area contributed by atoms with Gasteiger partial charge in [0.2, 0.25) is 0 Å². The zero-order valence-electron chi connectivity index (χ0n) is 3.67. The number of hydrogen-bond acceptors (Lipinski definition) is 1.